The van der Waals surface area contributed by atoms with Gasteiger partial charge in [-0.2, -0.15) is 0 Å². The summed E-state index contributed by atoms with van der Waals surface area (Å²) in [7, 11) is -2.42. The molecule has 0 saturated carbocycles. The van der Waals surface area contributed by atoms with Gasteiger partial charge in [-0.15, -0.1) is 0 Å². The van der Waals surface area contributed by atoms with Crippen LogP contribution in [0.25, 0.3) is 0 Å². The quantitative estimate of drug-likeness (QED) is 0.646. The number of carbonyl (C=O) groups excluding carboxylic acids is 1. The minimum atomic E-state index is -3.91. The summed E-state index contributed by atoms with van der Waals surface area (Å²) in [6.45, 7) is 2.87. The van der Waals surface area contributed by atoms with Crippen LogP contribution in [0.1, 0.15) is 30.8 Å². The number of amides is 1. The number of hydrogen-bond donors (Lipinski definition) is 3. The Morgan fingerprint density at radius 1 is 1.48 bits per heavy atom. The summed E-state index contributed by atoms with van der Waals surface area (Å²) in [6, 6.07) is 1.15. The van der Waals surface area contributed by atoms with Crippen molar-refractivity contribution in [2.24, 2.45) is 18.2 Å². The van der Waals surface area contributed by atoms with Crippen molar-refractivity contribution in [2.75, 3.05) is 6.54 Å². The average molecular weight is 317 g/mol. The molecule has 0 aliphatic heterocycles. The molecule has 9 heteroatoms. The first kappa shape index (κ1) is 17.2. The van der Waals surface area contributed by atoms with Gasteiger partial charge in [0.25, 0.3) is 5.91 Å². The molecule has 1 heterocycles. The molecule has 8 nitrogen and oxygen atoms in total. The number of aliphatic carboxylic acids is 1. The summed E-state index contributed by atoms with van der Waals surface area (Å²) in [5, 5.41) is 9.12. The number of nitrogens with zero attached hydrogens (tertiary/aromatic N) is 1. The zero-order valence-electron chi connectivity index (χ0n) is 12.1. The standard InChI is InChI=1S/C12H19N3O5S/c1-4-12(2,11(17)18)7-14-21(19,20)8-5-9(10(13)16)15(3)6-8/h5-6,14H,4,7H2,1-3H3,(H2,13,16)(H,17,18). The van der Waals surface area contributed by atoms with E-state index in [0.717, 1.165) is 6.07 Å². The number of carbonyl (C=O) groups is 2. The summed E-state index contributed by atoms with van der Waals surface area (Å²) in [4.78, 5) is 22.1. The number of rotatable bonds is 7. The van der Waals surface area contributed by atoms with Gasteiger partial charge in [0.1, 0.15) is 10.6 Å². The minimum absolute atomic E-state index is 0.0480. The smallest absolute Gasteiger partial charge is 0.310 e. The Morgan fingerprint density at radius 3 is 2.43 bits per heavy atom. The fraction of sp³-hybridized carbons (Fsp3) is 0.500. The SMILES string of the molecule is CCC(C)(CNS(=O)(=O)c1cc(C(N)=O)n(C)c1)C(=O)O. The van der Waals surface area contributed by atoms with Gasteiger partial charge < -0.3 is 15.4 Å². The van der Waals surface area contributed by atoms with Gasteiger partial charge in [0.2, 0.25) is 10.0 Å². The molecular formula is C12H19N3O5S. The van der Waals surface area contributed by atoms with Crippen molar-refractivity contribution < 1.29 is 23.1 Å². The first-order chi connectivity index (χ1) is 9.53. The van der Waals surface area contributed by atoms with Crippen LogP contribution in [0.5, 0.6) is 0 Å². The molecule has 21 heavy (non-hydrogen) atoms. The van der Waals surface area contributed by atoms with E-state index < -0.39 is 27.3 Å². The monoisotopic (exact) mass is 317 g/mol. The molecule has 1 aromatic heterocycles. The number of aryl methyl sites for hydroxylation is 1. The molecule has 4 N–H and O–H groups in total. The second kappa shape index (κ2) is 5.86. The van der Waals surface area contributed by atoms with Crippen LogP contribution in [0.15, 0.2) is 17.2 Å². The van der Waals surface area contributed by atoms with Crippen molar-refractivity contribution in [3.63, 3.8) is 0 Å². The summed E-state index contributed by atoms with van der Waals surface area (Å²) < 4.78 is 27.8. The molecule has 0 aliphatic carbocycles. The van der Waals surface area contributed by atoms with Crippen LogP contribution in [-0.2, 0) is 21.9 Å². The summed E-state index contributed by atoms with van der Waals surface area (Å²) in [5.41, 5.74) is 3.97. The Kier molecular flexibility index (Phi) is 4.79. The number of aromatic nitrogens is 1. The molecule has 0 aromatic carbocycles. The van der Waals surface area contributed by atoms with Crippen molar-refractivity contribution in [3.8, 4) is 0 Å². The maximum atomic E-state index is 12.1. The zero-order chi connectivity index (χ0) is 16.4. The first-order valence-electron chi connectivity index (χ1n) is 6.22. The molecular weight excluding hydrogens is 298 g/mol. The summed E-state index contributed by atoms with van der Waals surface area (Å²) >= 11 is 0. The lowest BCUT2D eigenvalue weighted by atomic mass is 9.88. The maximum absolute atomic E-state index is 12.1. The van der Waals surface area contributed by atoms with Gasteiger partial charge in [-0.3, -0.25) is 9.59 Å². The van der Waals surface area contributed by atoms with E-state index in [4.69, 9.17) is 10.8 Å². The molecule has 0 bridgehead atoms. The number of hydrogen-bond acceptors (Lipinski definition) is 4. The molecule has 118 valence electrons. The largest absolute Gasteiger partial charge is 0.481 e. The highest BCUT2D eigenvalue weighted by Crippen LogP contribution is 2.21. The highest BCUT2D eigenvalue weighted by atomic mass is 32.2. The fourth-order valence-corrected chi connectivity index (χ4v) is 2.85. The molecule has 1 rings (SSSR count). The number of nitrogens with one attached hydrogen (secondary N) is 1. The first-order valence-corrected chi connectivity index (χ1v) is 7.71. The van der Waals surface area contributed by atoms with E-state index >= 15 is 0 Å². The Hall–Kier alpha value is -1.87. The highest BCUT2D eigenvalue weighted by molar-refractivity contribution is 7.89. The van der Waals surface area contributed by atoms with Crippen LogP contribution in [0.2, 0.25) is 0 Å². The van der Waals surface area contributed by atoms with Crippen LogP contribution >= 0.6 is 0 Å². The Balaban J connectivity index is 3.00. The molecule has 0 radical (unpaired) electrons. The predicted octanol–water partition coefficient (Wildman–Crippen LogP) is -0.0968. The zero-order valence-corrected chi connectivity index (χ0v) is 12.9. The molecule has 0 spiro atoms. The third-order valence-electron chi connectivity index (χ3n) is 3.49. The van der Waals surface area contributed by atoms with E-state index in [0.29, 0.717) is 0 Å². The number of primary amides is 1. The third kappa shape index (κ3) is 3.61. The van der Waals surface area contributed by atoms with E-state index in [1.54, 1.807) is 6.92 Å². The maximum Gasteiger partial charge on any atom is 0.310 e. The van der Waals surface area contributed by atoms with Gasteiger partial charge in [0, 0.05) is 19.8 Å². The molecule has 1 unspecified atom stereocenters. The van der Waals surface area contributed by atoms with E-state index in [-0.39, 0.29) is 23.6 Å². The molecule has 1 aromatic rings. The normalized spacial score (nSPS) is 14.6. The molecule has 1 atom stereocenters. The number of carboxylic acid groups (broad SMARTS) is 1. The van der Waals surface area contributed by atoms with Crippen LogP contribution in [-0.4, -0.2) is 36.5 Å². The van der Waals surface area contributed by atoms with Crippen molar-refractivity contribution in [2.45, 2.75) is 25.2 Å². The topological polar surface area (TPSA) is 131 Å². The average Bonchev–Trinajstić information content (AvgIpc) is 2.79. The number of nitrogens with two attached hydrogens (primary N) is 1. The lowest BCUT2D eigenvalue weighted by Gasteiger charge is -2.22. The van der Waals surface area contributed by atoms with Gasteiger partial charge in [0.15, 0.2) is 0 Å². The second-order valence-electron chi connectivity index (χ2n) is 5.08. The Morgan fingerprint density at radius 2 is 2.05 bits per heavy atom. The van der Waals surface area contributed by atoms with Gasteiger partial charge in [-0.25, -0.2) is 13.1 Å². The number of sulfonamides is 1. The summed E-state index contributed by atoms with van der Waals surface area (Å²) in [5.74, 6) is -1.83. The third-order valence-corrected chi connectivity index (χ3v) is 4.86. The van der Waals surface area contributed by atoms with Crippen LogP contribution in [0, 0.1) is 5.41 Å². The summed E-state index contributed by atoms with van der Waals surface area (Å²) in [6.07, 6.45) is 1.51. The lowest BCUT2D eigenvalue weighted by molar-refractivity contribution is -0.147. The lowest BCUT2D eigenvalue weighted by Crippen LogP contribution is -2.40. The molecule has 0 aliphatic rings. The second-order valence-corrected chi connectivity index (χ2v) is 6.85. The van der Waals surface area contributed by atoms with Crippen molar-refractivity contribution in [3.05, 3.63) is 18.0 Å². The van der Waals surface area contributed by atoms with Crippen molar-refractivity contribution in [1.29, 1.82) is 0 Å². The van der Waals surface area contributed by atoms with Crippen molar-refractivity contribution >= 4 is 21.9 Å². The van der Waals surface area contributed by atoms with Gasteiger partial charge in [-0.1, -0.05) is 6.92 Å². The van der Waals surface area contributed by atoms with Crippen LogP contribution in [0.3, 0.4) is 0 Å². The van der Waals surface area contributed by atoms with E-state index in [9.17, 15) is 18.0 Å². The Bertz CT molecular complexity index is 664. The van der Waals surface area contributed by atoms with E-state index in [1.165, 1.54) is 24.7 Å². The van der Waals surface area contributed by atoms with E-state index in [2.05, 4.69) is 4.72 Å². The van der Waals surface area contributed by atoms with E-state index in [1.807, 2.05) is 0 Å². The predicted molar refractivity (Wildman–Crippen MR) is 75.2 cm³/mol. The van der Waals surface area contributed by atoms with Gasteiger partial charge >= 0.3 is 5.97 Å². The minimum Gasteiger partial charge on any atom is -0.481 e. The Labute approximate surface area is 123 Å². The van der Waals surface area contributed by atoms with Crippen LogP contribution in [0.4, 0.5) is 0 Å². The highest BCUT2D eigenvalue weighted by Gasteiger charge is 2.33. The van der Waals surface area contributed by atoms with Gasteiger partial charge in [0.05, 0.1) is 5.41 Å². The van der Waals surface area contributed by atoms with Crippen LogP contribution < -0.4 is 10.5 Å². The molecule has 0 saturated heterocycles. The van der Waals surface area contributed by atoms with Gasteiger partial charge in [-0.05, 0) is 19.4 Å². The van der Waals surface area contributed by atoms with Crippen molar-refractivity contribution in [1.82, 2.24) is 9.29 Å². The number of carboxylic acids is 1. The molecule has 1 amide bonds. The fourth-order valence-electron chi connectivity index (χ4n) is 1.62. The molecule has 0 fully saturated rings.